The second-order valence-corrected chi connectivity index (χ2v) is 3.96. The van der Waals surface area contributed by atoms with Crippen LogP contribution >= 0.6 is 0 Å². The van der Waals surface area contributed by atoms with E-state index in [4.69, 9.17) is 10.2 Å². The third-order valence-corrected chi connectivity index (χ3v) is 2.47. The van der Waals surface area contributed by atoms with E-state index in [-0.39, 0.29) is 5.95 Å². The zero-order valence-electron chi connectivity index (χ0n) is 9.76. The van der Waals surface area contributed by atoms with Gasteiger partial charge in [-0.05, 0) is 31.5 Å². The van der Waals surface area contributed by atoms with E-state index in [0.717, 1.165) is 24.4 Å². The number of anilines is 2. The fourth-order valence-corrected chi connectivity index (χ4v) is 1.59. The van der Waals surface area contributed by atoms with E-state index in [9.17, 15) is 0 Å². The molecule has 0 fully saturated rings. The third kappa shape index (κ3) is 3.48. The fraction of sp³-hybridized carbons (Fsp3) is 0.333. The maximum Gasteiger partial charge on any atom is 0.221 e. The van der Waals surface area contributed by atoms with E-state index < -0.39 is 0 Å². The Bertz CT molecular complexity index is 455. The Balaban J connectivity index is 1.83. The van der Waals surface area contributed by atoms with Gasteiger partial charge in [-0.15, -0.1) is 0 Å². The molecule has 0 saturated heterocycles. The molecule has 17 heavy (non-hydrogen) atoms. The molecule has 2 heterocycles. The van der Waals surface area contributed by atoms with Gasteiger partial charge in [0.1, 0.15) is 11.6 Å². The molecule has 0 spiro atoms. The molecule has 0 bridgehead atoms. The molecule has 3 N–H and O–H groups in total. The van der Waals surface area contributed by atoms with Crippen LogP contribution < -0.4 is 11.1 Å². The van der Waals surface area contributed by atoms with Gasteiger partial charge in [-0.25, -0.2) is 4.98 Å². The minimum atomic E-state index is 0.285. The molecule has 0 aliphatic rings. The Labute approximate surface area is 100 Å². The van der Waals surface area contributed by atoms with Crippen molar-refractivity contribution >= 4 is 11.8 Å². The molecule has 5 nitrogen and oxygen atoms in total. The maximum atomic E-state index is 5.51. The first-order valence-corrected chi connectivity index (χ1v) is 5.61. The number of hydrogen-bond acceptors (Lipinski definition) is 5. The van der Waals surface area contributed by atoms with E-state index in [2.05, 4.69) is 22.2 Å². The average Bonchev–Trinajstić information content (AvgIpc) is 2.79. The van der Waals surface area contributed by atoms with Crippen LogP contribution in [0, 0.1) is 0 Å². The minimum Gasteiger partial charge on any atom is -0.469 e. The summed E-state index contributed by atoms with van der Waals surface area (Å²) < 4.78 is 5.28. The lowest BCUT2D eigenvalue weighted by Crippen LogP contribution is -2.17. The van der Waals surface area contributed by atoms with Gasteiger partial charge in [-0.1, -0.05) is 0 Å². The van der Waals surface area contributed by atoms with Crippen molar-refractivity contribution in [3.05, 3.63) is 36.4 Å². The van der Waals surface area contributed by atoms with Crippen LogP contribution in [0.3, 0.4) is 0 Å². The van der Waals surface area contributed by atoms with Crippen LogP contribution in [0.4, 0.5) is 11.8 Å². The average molecular weight is 232 g/mol. The summed E-state index contributed by atoms with van der Waals surface area (Å²) in [6.07, 6.45) is 5.21. The molecule has 0 aromatic carbocycles. The lowest BCUT2D eigenvalue weighted by atomic mass is 10.1. The molecule has 90 valence electrons. The minimum absolute atomic E-state index is 0.285. The van der Waals surface area contributed by atoms with Crippen LogP contribution in [0.15, 0.2) is 35.1 Å². The number of aromatic nitrogens is 2. The monoisotopic (exact) mass is 232 g/mol. The van der Waals surface area contributed by atoms with E-state index in [1.54, 1.807) is 18.5 Å². The molecule has 2 rings (SSSR count). The number of rotatable bonds is 5. The van der Waals surface area contributed by atoms with Crippen molar-refractivity contribution < 1.29 is 4.42 Å². The Hall–Kier alpha value is -2.04. The van der Waals surface area contributed by atoms with Crippen molar-refractivity contribution in [2.75, 3.05) is 11.1 Å². The van der Waals surface area contributed by atoms with Crippen molar-refractivity contribution in [1.82, 2.24) is 9.97 Å². The number of aryl methyl sites for hydroxylation is 1. The fourth-order valence-electron chi connectivity index (χ4n) is 1.59. The van der Waals surface area contributed by atoms with Gasteiger partial charge in [-0.2, -0.15) is 4.98 Å². The molecule has 2 aromatic heterocycles. The first kappa shape index (κ1) is 11.4. The number of nitrogens with two attached hydrogens (primary N) is 1. The van der Waals surface area contributed by atoms with Gasteiger partial charge in [0, 0.05) is 18.7 Å². The predicted octanol–water partition coefficient (Wildman–Crippen LogP) is 2.08. The molecule has 0 radical (unpaired) electrons. The molecule has 0 amide bonds. The van der Waals surface area contributed by atoms with Crippen LogP contribution in [0.2, 0.25) is 0 Å². The Morgan fingerprint density at radius 2 is 2.35 bits per heavy atom. The largest absolute Gasteiger partial charge is 0.469 e. The summed E-state index contributed by atoms with van der Waals surface area (Å²) in [5.74, 6) is 2.04. The zero-order chi connectivity index (χ0) is 12.1. The first-order chi connectivity index (χ1) is 8.24. The van der Waals surface area contributed by atoms with Gasteiger partial charge in [0.2, 0.25) is 5.95 Å². The molecule has 1 unspecified atom stereocenters. The van der Waals surface area contributed by atoms with Crippen LogP contribution in [0.5, 0.6) is 0 Å². The topological polar surface area (TPSA) is 77.0 Å². The standard InChI is InChI=1S/C12H16N4O/c1-9(4-5-10-3-2-8-17-10)15-11-6-7-14-12(13)16-11/h2-3,6-9H,4-5H2,1H3,(H3,13,14,15,16). The van der Waals surface area contributed by atoms with Gasteiger partial charge < -0.3 is 15.5 Å². The molecule has 0 saturated carbocycles. The van der Waals surface area contributed by atoms with Crippen LogP contribution in [-0.2, 0) is 6.42 Å². The van der Waals surface area contributed by atoms with Gasteiger partial charge in [0.25, 0.3) is 0 Å². The summed E-state index contributed by atoms with van der Waals surface area (Å²) in [6, 6.07) is 5.99. The Morgan fingerprint density at radius 3 is 3.06 bits per heavy atom. The highest BCUT2D eigenvalue weighted by Gasteiger charge is 2.05. The van der Waals surface area contributed by atoms with Crippen molar-refractivity contribution in [2.45, 2.75) is 25.8 Å². The molecule has 0 aliphatic carbocycles. The molecule has 2 aromatic rings. The summed E-state index contributed by atoms with van der Waals surface area (Å²) >= 11 is 0. The second kappa shape index (κ2) is 5.34. The normalized spacial score (nSPS) is 12.3. The molecule has 5 heteroatoms. The van der Waals surface area contributed by atoms with Gasteiger partial charge >= 0.3 is 0 Å². The highest BCUT2D eigenvalue weighted by molar-refractivity contribution is 5.38. The summed E-state index contributed by atoms with van der Waals surface area (Å²) in [5.41, 5.74) is 5.51. The van der Waals surface area contributed by atoms with E-state index >= 15 is 0 Å². The highest BCUT2D eigenvalue weighted by atomic mass is 16.3. The summed E-state index contributed by atoms with van der Waals surface area (Å²) in [5, 5.41) is 3.27. The number of furan rings is 1. The molecular weight excluding hydrogens is 216 g/mol. The van der Waals surface area contributed by atoms with E-state index in [1.807, 2.05) is 12.1 Å². The smallest absolute Gasteiger partial charge is 0.221 e. The van der Waals surface area contributed by atoms with Crippen molar-refractivity contribution in [1.29, 1.82) is 0 Å². The summed E-state index contributed by atoms with van der Waals surface area (Å²) in [6.45, 7) is 2.10. The Morgan fingerprint density at radius 1 is 1.47 bits per heavy atom. The number of nitrogens with zero attached hydrogens (tertiary/aromatic N) is 2. The van der Waals surface area contributed by atoms with E-state index in [0.29, 0.717) is 6.04 Å². The predicted molar refractivity (Wildman–Crippen MR) is 66.6 cm³/mol. The summed E-state index contributed by atoms with van der Waals surface area (Å²) in [7, 11) is 0. The molecule has 0 aliphatic heterocycles. The van der Waals surface area contributed by atoms with Gasteiger partial charge in [0.05, 0.1) is 6.26 Å². The zero-order valence-corrected chi connectivity index (χ0v) is 9.76. The lowest BCUT2D eigenvalue weighted by Gasteiger charge is -2.13. The first-order valence-electron chi connectivity index (χ1n) is 5.61. The van der Waals surface area contributed by atoms with Crippen molar-refractivity contribution in [2.24, 2.45) is 0 Å². The lowest BCUT2D eigenvalue weighted by molar-refractivity contribution is 0.495. The molecular formula is C12H16N4O. The summed E-state index contributed by atoms with van der Waals surface area (Å²) in [4.78, 5) is 7.94. The highest BCUT2D eigenvalue weighted by Crippen LogP contribution is 2.10. The molecule has 1 atom stereocenters. The SMILES string of the molecule is CC(CCc1ccco1)Nc1ccnc(N)n1. The Kier molecular flexibility index (Phi) is 3.59. The maximum absolute atomic E-state index is 5.51. The van der Waals surface area contributed by atoms with Crippen molar-refractivity contribution in [3.63, 3.8) is 0 Å². The van der Waals surface area contributed by atoms with Gasteiger partial charge in [0.15, 0.2) is 0 Å². The van der Waals surface area contributed by atoms with E-state index in [1.165, 1.54) is 0 Å². The van der Waals surface area contributed by atoms with Gasteiger partial charge in [-0.3, -0.25) is 0 Å². The third-order valence-electron chi connectivity index (χ3n) is 2.47. The quantitative estimate of drug-likeness (QED) is 0.825. The number of nitrogens with one attached hydrogen (secondary N) is 1. The number of hydrogen-bond donors (Lipinski definition) is 2. The number of nitrogen functional groups attached to an aromatic ring is 1. The van der Waals surface area contributed by atoms with Crippen LogP contribution in [0.25, 0.3) is 0 Å². The van der Waals surface area contributed by atoms with Crippen molar-refractivity contribution in [3.8, 4) is 0 Å². The second-order valence-electron chi connectivity index (χ2n) is 3.96. The van der Waals surface area contributed by atoms with Crippen LogP contribution in [-0.4, -0.2) is 16.0 Å². The van der Waals surface area contributed by atoms with Crippen LogP contribution in [0.1, 0.15) is 19.1 Å².